The Morgan fingerprint density at radius 3 is 2.55 bits per heavy atom. The van der Waals surface area contributed by atoms with Crippen LogP contribution < -0.4 is 10.1 Å². The molecule has 2 aromatic rings. The van der Waals surface area contributed by atoms with Gasteiger partial charge in [0.1, 0.15) is 12.4 Å². The van der Waals surface area contributed by atoms with Crippen molar-refractivity contribution in [1.29, 1.82) is 0 Å². The molecule has 1 aliphatic heterocycles. The molecular formula is C26H35N3O4. The van der Waals surface area contributed by atoms with Gasteiger partial charge in [-0.3, -0.25) is 14.5 Å². The number of carbonyl (C=O) groups excluding carboxylic acids is 2. The molecule has 33 heavy (non-hydrogen) atoms. The Hall–Kier alpha value is -2.90. The van der Waals surface area contributed by atoms with Gasteiger partial charge in [-0.15, -0.1) is 0 Å². The van der Waals surface area contributed by atoms with Crippen molar-refractivity contribution in [2.45, 2.75) is 32.4 Å². The summed E-state index contributed by atoms with van der Waals surface area (Å²) in [5, 5.41) is 2.91. The average molecular weight is 454 g/mol. The third kappa shape index (κ3) is 6.55. The molecule has 7 heteroatoms. The molecule has 3 rings (SSSR count). The number of carbonyl (C=O) groups is 2. The first-order valence-electron chi connectivity index (χ1n) is 11.4. The lowest BCUT2D eigenvalue weighted by atomic mass is 10.0. The molecule has 1 heterocycles. The van der Waals surface area contributed by atoms with Gasteiger partial charge in [0.25, 0.3) is 5.91 Å². The monoisotopic (exact) mass is 453 g/mol. The van der Waals surface area contributed by atoms with E-state index in [1.165, 1.54) is 0 Å². The van der Waals surface area contributed by atoms with E-state index in [-0.39, 0.29) is 36.3 Å². The highest BCUT2D eigenvalue weighted by Gasteiger charge is 2.27. The Kier molecular flexibility index (Phi) is 8.47. The van der Waals surface area contributed by atoms with E-state index in [9.17, 15) is 9.59 Å². The number of amides is 2. The van der Waals surface area contributed by atoms with Crippen molar-refractivity contribution in [3.8, 4) is 5.75 Å². The lowest BCUT2D eigenvalue weighted by Gasteiger charge is -2.34. The number of methoxy groups -OCH3 is 1. The first-order chi connectivity index (χ1) is 15.8. The van der Waals surface area contributed by atoms with Gasteiger partial charge in [0.15, 0.2) is 0 Å². The van der Waals surface area contributed by atoms with Gasteiger partial charge in [-0.05, 0) is 43.7 Å². The highest BCUT2D eigenvalue weighted by molar-refractivity contribution is 5.99. The topological polar surface area (TPSA) is 71.1 Å². The highest BCUT2D eigenvalue weighted by atomic mass is 16.5. The van der Waals surface area contributed by atoms with E-state index in [1.54, 1.807) is 37.3 Å². The fourth-order valence-corrected chi connectivity index (χ4v) is 4.02. The highest BCUT2D eigenvalue weighted by Crippen LogP contribution is 2.26. The lowest BCUT2D eigenvalue weighted by molar-refractivity contribution is -0.115. The van der Waals surface area contributed by atoms with Gasteiger partial charge in [-0.25, -0.2) is 0 Å². The zero-order chi connectivity index (χ0) is 24.0. The maximum Gasteiger partial charge on any atom is 0.257 e. The third-order valence-corrected chi connectivity index (χ3v) is 6.25. The van der Waals surface area contributed by atoms with E-state index in [1.807, 2.05) is 30.3 Å². The van der Waals surface area contributed by atoms with Gasteiger partial charge in [0, 0.05) is 39.0 Å². The van der Waals surface area contributed by atoms with Crippen LogP contribution >= 0.6 is 0 Å². The van der Waals surface area contributed by atoms with E-state index in [2.05, 4.69) is 31.1 Å². The predicted molar refractivity (Wildman–Crippen MR) is 130 cm³/mol. The minimum absolute atomic E-state index is 0.0915. The van der Waals surface area contributed by atoms with Crippen LogP contribution in [0.2, 0.25) is 0 Å². The normalized spacial score (nSPS) is 22.5. The molecule has 0 fully saturated rings. The molecule has 1 aliphatic rings. The quantitative estimate of drug-likeness (QED) is 0.769. The second kappa shape index (κ2) is 11.3. The van der Waals surface area contributed by atoms with Crippen molar-refractivity contribution in [2.24, 2.45) is 5.92 Å². The smallest absolute Gasteiger partial charge is 0.257 e. The minimum Gasteiger partial charge on any atom is -0.491 e. The van der Waals surface area contributed by atoms with Gasteiger partial charge in [0.05, 0.1) is 18.1 Å². The van der Waals surface area contributed by atoms with Crippen LogP contribution in [0, 0.1) is 5.92 Å². The van der Waals surface area contributed by atoms with Crippen LogP contribution in [0.15, 0.2) is 48.5 Å². The molecule has 0 saturated carbocycles. The Morgan fingerprint density at radius 2 is 1.85 bits per heavy atom. The number of likely N-dealkylation sites (N-methyl/N-ethyl adjacent to an activating group) is 2. The SMILES string of the molecule is CO[C@@H]1CN(C)C(=O)c2cc(NC(=O)Cc3ccccc3)ccc2OC[C@H](C)N(C)C[C@@H]1C. The Bertz CT molecular complexity index is 950. The maximum atomic E-state index is 13.4. The van der Waals surface area contributed by atoms with E-state index < -0.39 is 0 Å². The number of nitrogens with one attached hydrogen (secondary N) is 1. The van der Waals surface area contributed by atoms with Crippen molar-refractivity contribution >= 4 is 17.5 Å². The molecule has 0 unspecified atom stereocenters. The minimum atomic E-state index is -0.167. The second-order valence-electron chi connectivity index (χ2n) is 8.96. The van der Waals surface area contributed by atoms with Crippen LogP contribution in [-0.2, 0) is 16.0 Å². The molecule has 0 aromatic heterocycles. The summed E-state index contributed by atoms with van der Waals surface area (Å²) in [6.45, 7) is 5.99. The predicted octanol–water partition coefficient (Wildman–Crippen LogP) is 3.30. The number of anilines is 1. The second-order valence-corrected chi connectivity index (χ2v) is 8.96. The summed E-state index contributed by atoms with van der Waals surface area (Å²) < 4.78 is 11.8. The molecule has 0 saturated heterocycles. The number of nitrogens with zero attached hydrogens (tertiary/aromatic N) is 2. The molecule has 7 nitrogen and oxygen atoms in total. The summed E-state index contributed by atoms with van der Waals surface area (Å²) in [5.74, 6) is 0.440. The van der Waals surface area contributed by atoms with Gasteiger partial charge < -0.3 is 19.7 Å². The van der Waals surface area contributed by atoms with Crippen molar-refractivity contribution in [1.82, 2.24) is 9.80 Å². The molecule has 0 radical (unpaired) electrons. The number of benzene rings is 2. The fourth-order valence-electron chi connectivity index (χ4n) is 4.02. The van der Waals surface area contributed by atoms with Gasteiger partial charge in [0.2, 0.25) is 5.91 Å². The molecule has 1 N–H and O–H groups in total. The number of hydrogen-bond acceptors (Lipinski definition) is 5. The lowest BCUT2D eigenvalue weighted by Crippen LogP contribution is -2.45. The summed E-state index contributed by atoms with van der Waals surface area (Å²) in [6.07, 6.45) is 0.172. The molecule has 2 amide bonds. The molecule has 0 aliphatic carbocycles. The van der Waals surface area contributed by atoms with Crippen LogP contribution in [0.25, 0.3) is 0 Å². The molecule has 3 atom stereocenters. The van der Waals surface area contributed by atoms with Crippen LogP contribution in [0.3, 0.4) is 0 Å². The number of fused-ring (bicyclic) bond motifs is 1. The van der Waals surface area contributed by atoms with E-state index >= 15 is 0 Å². The van der Waals surface area contributed by atoms with E-state index in [4.69, 9.17) is 9.47 Å². The average Bonchev–Trinajstić information content (AvgIpc) is 2.80. The summed E-state index contributed by atoms with van der Waals surface area (Å²) in [7, 11) is 5.53. The Balaban J connectivity index is 1.85. The molecule has 0 spiro atoms. The maximum absolute atomic E-state index is 13.4. The van der Waals surface area contributed by atoms with Gasteiger partial charge >= 0.3 is 0 Å². The number of rotatable bonds is 4. The first-order valence-corrected chi connectivity index (χ1v) is 11.4. The first kappa shape index (κ1) is 24.7. The third-order valence-electron chi connectivity index (χ3n) is 6.25. The van der Waals surface area contributed by atoms with Crippen molar-refractivity contribution in [3.63, 3.8) is 0 Å². The standard InChI is InChI=1S/C26H35N3O4/c1-18-15-28(3)19(2)17-33-23-12-11-21(27-25(30)13-20-9-7-6-8-10-20)14-22(23)26(31)29(4)16-24(18)32-5/h6-12,14,18-19,24H,13,15-17H2,1-5H3,(H,27,30)/t18-,19-,24+/m0/s1. The zero-order valence-electron chi connectivity index (χ0n) is 20.2. The van der Waals surface area contributed by atoms with Crippen LogP contribution in [-0.4, -0.2) is 74.7 Å². The van der Waals surface area contributed by atoms with Crippen molar-refractivity contribution < 1.29 is 19.1 Å². The molecular weight excluding hydrogens is 418 g/mol. The molecule has 178 valence electrons. The summed E-state index contributed by atoms with van der Waals surface area (Å²) in [6, 6.07) is 14.9. The van der Waals surface area contributed by atoms with Gasteiger partial charge in [-0.2, -0.15) is 0 Å². The largest absolute Gasteiger partial charge is 0.491 e. The van der Waals surface area contributed by atoms with Crippen LogP contribution in [0.4, 0.5) is 5.69 Å². The Morgan fingerprint density at radius 1 is 1.12 bits per heavy atom. The zero-order valence-corrected chi connectivity index (χ0v) is 20.2. The fraction of sp³-hybridized carbons (Fsp3) is 0.462. The van der Waals surface area contributed by atoms with E-state index in [0.717, 1.165) is 12.1 Å². The Labute approximate surface area is 196 Å². The van der Waals surface area contributed by atoms with Crippen LogP contribution in [0.1, 0.15) is 29.8 Å². The molecule has 2 aromatic carbocycles. The van der Waals surface area contributed by atoms with Crippen molar-refractivity contribution in [3.05, 3.63) is 59.7 Å². The van der Waals surface area contributed by atoms with Crippen LogP contribution in [0.5, 0.6) is 5.75 Å². The summed E-state index contributed by atoms with van der Waals surface area (Å²) in [5.41, 5.74) is 1.92. The molecule has 0 bridgehead atoms. The number of hydrogen-bond donors (Lipinski definition) is 1. The van der Waals surface area contributed by atoms with E-state index in [0.29, 0.717) is 30.2 Å². The van der Waals surface area contributed by atoms with Crippen molar-refractivity contribution in [2.75, 3.05) is 46.2 Å². The summed E-state index contributed by atoms with van der Waals surface area (Å²) in [4.78, 5) is 29.8. The number of ether oxygens (including phenoxy) is 2. The summed E-state index contributed by atoms with van der Waals surface area (Å²) >= 11 is 0. The van der Waals surface area contributed by atoms with Gasteiger partial charge in [-0.1, -0.05) is 37.3 Å².